The van der Waals surface area contributed by atoms with Crippen LogP contribution in [0.5, 0.6) is 5.88 Å². The van der Waals surface area contributed by atoms with E-state index in [9.17, 15) is 4.79 Å². The van der Waals surface area contributed by atoms with Crippen LogP contribution in [0.4, 0.5) is 11.5 Å². The number of nitrogen functional groups attached to an aromatic ring is 1. The van der Waals surface area contributed by atoms with Crippen molar-refractivity contribution in [2.24, 2.45) is 0 Å². The Balaban J connectivity index is 2.15. The van der Waals surface area contributed by atoms with E-state index in [1.807, 2.05) is 0 Å². The van der Waals surface area contributed by atoms with E-state index in [1.54, 1.807) is 0 Å². The Kier molecular flexibility index (Phi) is 3.27. The van der Waals surface area contributed by atoms with Crippen LogP contribution in [0.3, 0.4) is 0 Å². The number of nitrogens with two attached hydrogens (primary N) is 1. The molecule has 0 bridgehead atoms. The lowest BCUT2D eigenvalue weighted by molar-refractivity contribution is -0.123. The molecule has 1 aliphatic heterocycles. The monoisotopic (exact) mass is 237 g/mol. The maximum atomic E-state index is 11.6. The molecular weight excluding hydrogens is 222 g/mol. The number of methoxy groups -OCH3 is 1. The number of piperidine rings is 1. The van der Waals surface area contributed by atoms with Crippen LogP contribution in [-0.2, 0) is 4.79 Å². The number of aromatic nitrogens is 2. The average molecular weight is 237 g/mol. The van der Waals surface area contributed by atoms with Gasteiger partial charge in [-0.1, -0.05) is 0 Å². The molecule has 1 aromatic heterocycles. The van der Waals surface area contributed by atoms with E-state index in [-0.39, 0.29) is 11.9 Å². The van der Waals surface area contributed by atoms with Gasteiger partial charge >= 0.3 is 0 Å². The Hall–Kier alpha value is -2.05. The molecule has 7 nitrogen and oxygen atoms in total. The Morgan fingerprint density at radius 1 is 1.59 bits per heavy atom. The molecule has 1 aliphatic rings. The lowest BCUT2D eigenvalue weighted by atomic mass is 10.1. The van der Waals surface area contributed by atoms with Gasteiger partial charge in [0.2, 0.25) is 11.8 Å². The molecule has 1 saturated heterocycles. The minimum atomic E-state index is -0.300. The number of hydrogen-bond acceptors (Lipinski definition) is 6. The van der Waals surface area contributed by atoms with Crippen molar-refractivity contribution in [2.75, 3.05) is 24.7 Å². The van der Waals surface area contributed by atoms with Crippen molar-refractivity contribution in [3.05, 3.63) is 6.33 Å². The van der Waals surface area contributed by atoms with Crippen LogP contribution in [0.25, 0.3) is 0 Å². The topological polar surface area (TPSA) is 102 Å². The van der Waals surface area contributed by atoms with E-state index in [4.69, 9.17) is 10.5 Å². The summed E-state index contributed by atoms with van der Waals surface area (Å²) in [5.41, 5.74) is 6.13. The van der Waals surface area contributed by atoms with Crippen molar-refractivity contribution in [3.63, 3.8) is 0 Å². The number of carbonyl (C=O) groups excluding carboxylic acids is 1. The van der Waals surface area contributed by atoms with E-state index in [0.717, 1.165) is 19.4 Å². The summed E-state index contributed by atoms with van der Waals surface area (Å²) in [5.74, 6) is 0.700. The van der Waals surface area contributed by atoms with Gasteiger partial charge in [-0.15, -0.1) is 0 Å². The number of rotatable bonds is 3. The van der Waals surface area contributed by atoms with Gasteiger partial charge in [0.05, 0.1) is 7.11 Å². The molecule has 0 spiro atoms. The van der Waals surface area contributed by atoms with Crippen LogP contribution in [-0.4, -0.2) is 35.6 Å². The molecule has 4 N–H and O–H groups in total. The van der Waals surface area contributed by atoms with Crippen LogP contribution < -0.4 is 21.1 Å². The molecule has 1 aromatic rings. The lowest BCUT2D eigenvalue weighted by Crippen LogP contribution is -2.44. The fraction of sp³-hybridized carbons (Fsp3) is 0.500. The fourth-order valence-electron chi connectivity index (χ4n) is 1.73. The summed E-state index contributed by atoms with van der Waals surface area (Å²) in [7, 11) is 1.48. The molecule has 17 heavy (non-hydrogen) atoms. The summed E-state index contributed by atoms with van der Waals surface area (Å²) in [4.78, 5) is 19.5. The first kappa shape index (κ1) is 11.4. The summed E-state index contributed by atoms with van der Waals surface area (Å²) in [6.45, 7) is 0.722. The highest BCUT2D eigenvalue weighted by molar-refractivity contribution is 5.86. The molecule has 2 heterocycles. The molecule has 1 amide bonds. The number of ether oxygens (including phenoxy) is 1. The Morgan fingerprint density at radius 3 is 3.12 bits per heavy atom. The highest BCUT2D eigenvalue weighted by atomic mass is 16.5. The molecular formula is C10H15N5O2. The van der Waals surface area contributed by atoms with E-state index in [2.05, 4.69) is 20.6 Å². The molecule has 1 atom stereocenters. The van der Waals surface area contributed by atoms with Crippen molar-refractivity contribution in [3.8, 4) is 5.88 Å². The number of nitrogens with zero attached hydrogens (tertiary/aromatic N) is 2. The Bertz CT molecular complexity index is 423. The average Bonchev–Trinajstić information content (AvgIpc) is 2.34. The zero-order valence-electron chi connectivity index (χ0n) is 9.56. The molecule has 2 rings (SSSR count). The van der Waals surface area contributed by atoms with Crippen molar-refractivity contribution in [1.82, 2.24) is 15.3 Å². The molecule has 1 fully saturated rings. The summed E-state index contributed by atoms with van der Waals surface area (Å²) in [6.07, 6.45) is 3.04. The van der Waals surface area contributed by atoms with Gasteiger partial charge in [0, 0.05) is 6.54 Å². The molecule has 0 aliphatic carbocycles. The lowest BCUT2D eigenvalue weighted by Gasteiger charge is -2.23. The molecule has 7 heteroatoms. The van der Waals surface area contributed by atoms with Crippen LogP contribution in [0, 0.1) is 0 Å². The highest BCUT2D eigenvalue weighted by Crippen LogP contribution is 2.25. The fourth-order valence-corrected chi connectivity index (χ4v) is 1.73. The molecule has 1 unspecified atom stereocenters. The zero-order valence-corrected chi connectivity index (χ0v) is 9.56. The second-order valence-electron chi connectivity index (χ2n) is 3.78. The first-order valence-electron chi connectivity index (χ1n) is 5.41. The SMILES string of the molecule is COc1ncnc(NC2CCCNC2=O)c1N. The van der Waals surface area contributed by atoms with Crippen LogP contribution in [0.1, 0.15) is 12.8 Å². The molecule has 0 radical (unpaired) electrons. The number of nitrogens with one attached hydrogen (secondary N) is 2. The maximum absolute atomic E-state index is 11.6. The molecule has 0 saturated carbocycles. The van der Waals surface area contributed by atoms with Crippen molar-refractivity contribution in [1.29, 1.82) is 0 Å². The van der Waals surface area contributed by atoms with Crippen LogP contribution in [0.2, 0.25) is 0 Å². The second-order valence-corrected chi connectivity index (χ2v) is 3.78. The van der Waals surface area contributed by atoms with Crippen molar-refractivity contribution >= 4 is 17.4 Å². The predicted molar refractivity (Wildman–Crippen MR) is 62.7 cm³/mol. The van der Waals surface area contributed by atoms with Gasteiger partial charge in [0.25, 0.3) is 0 Å². The van der Waals surface area contributed by atoms with Gasteiger partial charge in [0.1, 0.15) is 18.1 Å². The Labute approximate surface area is 98.8 Å². The first-order valence-corrected chi connectivity index (χ1v) is 5.41. The third-order valence-electron chi connectivity index (χ3n) is 2.64. The maximum Gasteiger partial charge on any atom is 0.242 e. The minimum Gasteiger partial charge on any atom is -0.479 e. The number of hydrogen-bond donors (Lipinski definition) is 3. The van der Waals surface area contributed by atoms with E-state index < -0.39 is 0 Å². The quantitative estimate of drug-likeness (QED) is 0.670. The van der Waals surface area contributed by atoms with Crippen molar-refractivity contribution in [2.45, 2.75) is 18.9 Å². The van der Waals surface area contributed by atoms with Crippen LogP contribution in [0.15, 0.2) is 6.33 Å². The predicted octanol–water partition coefficient (Wildman–Crippen LogP) is -0.242. The minimum absolute atomic E-state index is 0.0340. The van der Waals surface area contributed by atoms with E-state index in [0.29, 0.717) is 17.4 Å². The third kappa shape index (κ3) is 2.38. The van der Waals surface area contributed by atoms with E-state index >= 15 is 0 Å². The number of anilines is 2. The normalized spacial score (nSPS) is 19.6. The summed E-state index contributed by atoms with van der Waals surface area (Å²) in [6, 6.07) is -0.300. The largest absolute Gasteiger partial charge is 0.479 e. The van der Waals surface area contributed by atoms with Gasteiger partial charge in [-0.2, -0.15) is 4.98 Å². The van der Waals surface area contributed by atoms with Gasteiger partial charge in [-0.3, -0.25) is 4.79 Å². The molecule has 92 valence electrons. The van der Waals surface area contributed by atoms with E-state index in [1.165, 1.54) is 13.4 Å². The van der Waals surface area contributed by atoms with Gasteiger partial charge in [-0.05, 0) is 12.8 Å². The Morgan fingerprint density at radius 2 is 2.41 bits per heavy atom. The van der Waals surface area contributed by atoms with Gasteiger partial charge in [-0.25, -0.2) is 4.98 Å². The first-order chi connectivity index (χ1) is 8.22. The summed E-state index contributed by atoms with van der Waals surface area (Å²) < 4.78 is 4.98. The third-order valence-corrected chi connectivity index (χ3v) is 2.64. The van der Waals surface area contributed by atoms with Crippen LogP contribution >= 0.6 is 0 Å². The summed E-state index contributed by atoms with van der Waals surface area (Å²) in [5, 5.41) is 5.79. The number of amides is 1. The zero-order chi connectivity index (χ0) is 12.3. The smallest absolute Gasteiger partial charge is 0.242 e. The van der Waals surface area contributed by atoms with Gasteiger partial charge < -0.3 is 21.1 Å². The van der Waals surface area contributed by atoms with Crippen molar-refractivity contribution < 1.29 is 9.53 Å². The second kappa shape index (κ2) is 4.86. The standard InChI is InChI=1S/C10H15N5O2/c1-17-10-7(11)8(13-5-14-10)15-6-3-2-4-12-9(6)16/h5-6H,2-4,11H2,1H3,(H,12,16)(H,13,14,15). The summed E-state index contributed by atoms with van der Waals surface area (Å²) >= 11 is 0. The van der Waals surface area contributed by atoms with Gasteiger partial charge in [0.15, 0.2) is 5.82 Å². The number of carbonyl (C=O) groups is 1. The highest BCUT2D eigenvalue weighted by Gasteiger charge is 2.23. The molecule has 0 aromatic carbocycles.